The fraction of sp³-hybridized carbons (Fsp3) is 0.800. The zero-order valence-corrected chi connectivity index (χ0v) is 17.4. The van der Waals surface area contributed by atoms with Crippen LogP contribution in [0.3, 0.4) is 0 Å². The first kappa shape index (κ1) is 20.8. The van der Waals surface area contributed by atoms with Crippen molar-refractivity contribution in [3.63, 3.8) is 0 Å². The first-order valence-corrected chi connectivity index (χ1v) is 10.7. The van der Waals surface area contributed by atoms with Gasteiger partial charge in [-0.05, 0) is 59.0 Å². The molecular formula is C20H34N6O2. The molecule has 1 aromatic rings. The van der Waals surface area contributed by atoms with Crippen LogP contribution >= 0.6 is 0 Å². The Kier molecular flexibility index (Phi) is 7.04. The molecule has 2 amide bonds. The fourth-order valence-electron chi connectivity index (χ4n) is 4.33. The summed E-state index contributed by atoms with van der Waals surface area (Å²) in [5.74, 6) is -0.179. The number of hydrogen-bond acceptors (Lipinski definition) is 5. The first-order valence-electron chi connectivity index (χ1n) is 10.7. The molecule has 0 aromatic carbocycles. The van der Waals surface area contributed by atoms with Crippen LogP contribution < -0.4 is 10.6 Å². The Morgan fingerprint density at radius 1 is 1.29 bits per heavy atom. The van der Waals surface area contributed by atoms with E-state index in [1.807, 2.05) is 18.5 Å². The van der Waals surface area contributed by atoms with Crippen LogP contribution in [0.15, 0.2) is 0 Å². The minimum Gasteiger partial charge on any atom is -0.353 e. The molecule has 0 bridgehead atoms. The van der Waals surface area contributed by atoms with Crippen molar-refractivity contribution in [2.75, 3.05) is 26.2 Å². The minimum atomic E-state index is -0.142. The molecule has 2 aliphatic heterocycles. The lowest BCUT2D eigenvalue weighted by molar-refractivity contribution is -0.127. The molecule has 2 aliphatic rings. The number of amides is 2. The SMILES string of the molecule is CCCC(C)NC(=O)C1CCCN(C(=O)c2nnn(C3CCNCC3)c2C)C1. The summed E-state index contributed by atoms with van der Waals surface area (Å²) >= 11 is 0. The highest BCUT2D eigenvalue weighted by Gasteiger charge is 2.32. The van der Waals surface area contributed by atoms with Gasteiger partial charge in [-0.2, -0.15) is 0 Å². The van der Waals surface area contributed by atoms with Crippen LogP contribution in [0.5, 0.6) is 0 Å². The van der Waals surface area contributed by atoms with Gasteiger partial charge in [0.2, 0.25) is 5.91 Å². The quantitative estimate of drug-likeness (QED) is 0.771. The topological polar surface area (TPSA) is 92.2 Å². The average Bonchev–Trinajstić information content (AvgIpc) is 3.09. The van der Waals surface area contributed by atoms with E-state index in [4.69, 9.17) is 0 Å². The van der Waals surface area contributed by atoms with Crippen molar-refractivity contribution in [1.82, 2.24) is 30.5 Å². The number of piperidine rings is 2. The van der Waals surface area contributed by atoms with Gasteiger partial charge in [0, 0.05) is 19.1 Å². The fourth-order valence-corrected chi connectivity index (χ4v) is 4.33. The predicted octanol–water partition coefficient (Wildman–Crippen LogP) is 1.67. The molecule has 3 heterocycles. The Morgan fingerprint density at radius 2 is 2.04 bits per heavy atom. The van der Waals surface area contributed by atoms with Crippen LogP contribution in [0.1, 0.15) is 74.6 Å². The van der Waals surface area contributed by atoms with Gasteiger partial charge in [-0.15, -0.1) is 5.10 Å². The number of aromatic nitrogens is 3. The minimum absolute atomic E-state index is 0.0635. The maximum absolute atomic E-state index is 13.1. The van der Waals surface area contributed by atoms with Gasteiger partial charge >= 0.3 is 0 Å². The van der Waals surface area contributed by atoms with E-state index in [1.54, 1.807) is 4.90 Å². The lowest BCUT2D eigenvalue weighted by atomic mass is 9.96. The van der Waals surface area contributed by atoms with Crippen molar-refractivity contribution in [3.05, 3.63) is 11.4 Å². The van der Waals surface area contributed by atoms with Crippen LogP contribution in [0, 0.1) is 12.8 Å². The van der Waals surface area contributed by atoms with E-state index in [9.17, 15) is 9.59 Å². The van der Waals surface area contributed by atoms with Gasteiger partial charge in [0.1, 0.15) is 0 Å². The summed E-state index contributed by atoms with van der Waals surface area (Å²) in [7, 11) is 0. The Hall–Kier alpha value is -1.96. The highest BCUT2D eigenvalue weighted by atomic mass is 16.2. The highest BCUT2D eigenvalue weighted by Crippen LogP contribution is 2.23. The molecule has 8 heteroatoms. The van der Waals surface area contributed by atoms with E-state index >= 15 is 0 Å². The van der Waals surface area contributed by atoms with Crippen molar-refractivity contribution in [2.45, 2.75) is 71.4 Å². The van der Waals surface area contributed by atoms with Crippen LogP contribution in [0.2, 0.25) is 0 Å². The van der Waals surface area contributed by atoms with E-state index in [0.29, 0.717) is 24.8 Å². The van der Waals surface area contributed by atoms with E-state index < -0.39 is 0 Å². The lowest BCUT2D eigenvalue weighted by Gasteiger charge is -2.32. The second-order valence-corrected chi connectivity index (χ2v) is 8.24. The summed E-state index contributed by atoms with van der Waals surface area (Å²) in [6.07, 6.45) is 5.69. The van der Waals surface area contributed by atoms with Gasteiger partial charge in [-0.1, -0.05) is 18.6 Å². The van der Waals surface area contributed by atoms with Crippen molar-refractivity contribution >= 4 is 11.8 Å². The molecule has 2 N–H and O–H groups in total. The average molecular weight is 391 g/mol. The van der Waals surface area contributed by atoms with Crippen LogP contribution in [-0.4, -0.2) is 63.9 Å². The molecule has 28 heavy (non-hydrogen) atoms. The molecule has 1 aromatic heterocycles. The maximum atomic E-state index is 13.1. The number of carbonyl (C=O) groups is 2. The van der Waals surface area contributed by atoms with Crippen LogP contribution in [0.25, 0.3) is 0 Å². The molecule has 0 aliphatic carbocycles. The van der Waals surface area contributed by atoms with Crippen LogP contribution in [0.4, 0.5) is 0 Å². The van der Waals surface area contributed by atoms with Gasteiger partial charge in [0.25, 0.3) is 5.91 Å². The monoisotopic (exact) mass is 390 g/mol. The molecule has 156 valence electrons. The van der Waals surface area contributed by atoms with E-state index in [0.717, 1.165) is 57.3 Å². The Labute approximate surface area is 167 Å². The van der Waals surface area contributed by atoms with E-state index in [-0.39, 0.29) is 23.8 Å². The number of hydrogen-bond donors (Lipinski definition) is 2. The van der Waals surface area contributed by atoms with E-state index in [1.165, 1.54) is 0 Å². The molecule has 0 radical (unpaired) electrons. The smallest absolute Gasteiger partial charge is 0.276 e. The van der Waals surface area contributed by atoms with Crippen molar-refractivity contribution in [3.8, 4) is 0 Å². The van der Waals surface area contributed by atoms with Crippen molar-refractivity contribution in [1.29, 1.82) is 0 Å². The molecule has 0 saturated carbocycles. The summed E-state index contributed by atoms with van der Waals surface area (Å²) in [4.78, 5) is 27.4. The molecule has 2 saturated heterocycles. The third kappa shape index (κ3) is 4.71. The number of nitrogens with zero attached hydrogens (tertiary/aromatic N) is 4. The zero-order chi connectivity index (χ0) is 20.1. The highest BCUT2D eigenvalue weighted by molar-refractivity contribution is 5.93. The Balaban J connectivity index is 1.64. The summed E-state index contributed by atoms with van der Waals surface area (Å²) in [5.41, 5.74) is 1.26. The van der Waals surface area contributed by atoms with Crippen LogP contribution in [-0.2, 0) is 4.79 Å². The standard InChI is InChI=1S/C20H34N6O2/c1-4-6-14(2)22-19(27)16-7-5-12-25(13-16)20(28)18-15(3)26(24-23-18)17-8-10-21-11-9-17/h14,16-17,21H,4-13H2,1-3H3,(H,22,27). The maximum Gasteiger partial charge on any atom is 0.276 e. The summed E-state index contributed by atoms with van der Waals surface area (Å²) in [6, 6.07) is 0.478. The normalized spacial score (nSPS) is 22.1. The van der Waals surface area contributed by atoms with Gasteiger partial charge in [0.15, 0.2) is 5.69 Å². The van der Waals surface area contributed by atoms with Crippen molar-refractivity contribution < 1.29 is 9.59 Å². The predicted molar refractivity (Wildman–Crippen MR) is 107 cm³/mol. The molecular weight excluding hydrogens is 356 g/mol. The van der Waals surface area contributed by atoms with E-state index in [2.05, 4.69) is 27.9 Å². The number of likely N-dealkylation sites (tertiary alicyclic amines) is 1. The largest absolute Gasteiger partial charge is 0.353 e. The Bertz CT molecular complexity index is 682. The number of carbonyl (C=O) groups excluding carboxylic acids is 2. The van der Waals surface area contributed by atoms with Gasteiger partial charge in [0.05, 0.1) is 17.7 Å². The number of nitrogens with one attached hydrogen (secondary N) is 2. The summed E-state index contributed by atoms with van der Waals surface area (Å²) < 4.78 is 1.91. The second-order valence-electron chi connectivity index (χ2n) is 8.24. The molecule has 3 rings (SSSR count). The molecule has 0 spiro atoms. The van der Waals surface area contributed by atoms with Gasteiger partial charge < -0.3 is 15.5 Å². The third-order valence-corrected chi connectivity index (χ3v) is 5.97. The molecule has 8 nitrogen and oxygen atoms in total. The number of rotatable bonds is 6. The molecule has 2 atom stereocenters. The lowest BCUT2D eigenvalue weighted by Crippen LogP contribution is -2.47. The van der Waals surface area contributed by atoms with Gasteiger partial charge in [-0.3, -0.25) is 9.59 Å². The first-order chi connectivity index (χ1) is 13.5. The third-order valence-electron chi connectivity index (χ3n) is 5.97. The van der Waals surface area contributed by atoms with Crippen molar-refractivity contribution in [2.24, 2.45) is 5.92 Å². The zero-order valence-electron chi connectivity index (χ0n) is 17.4. The summed E-state index contributed by atoms with van der Waals surface area (Å²) in [6.45, 7) is 9.14. The second kappa shape index (κ2) is 9.49. The van der Waals surface area contributed by atoms with Gasteiger partial charge in [-0.25, -0.2) is 4.68 Å². The molecule has 2 fully saturated rings. The molecule has 2 unspecified atom stereocenters. The summed E-state index contributed by atoms with van der Waals surface area (Å²) in [5, 5.41) is 14.9. The Morgan fingerprint density at radius 3 is 2.75 bits per heavy atom.